The van der Waals surface area contributed by atoms with Crippen molar-refractivity contribution in [1.82, 2.24) is 0 Å². The van der Waals surface area contributed by atoms with Gasteiger partial charge in [0.05, 0.1) is 26.4 Å². The highest BCUT2D eigenvalue weighted by molar-refractivity contribution is 5.64. The van der Waals surface area contributed by atoms with Crippen molar-refractivity contribution in [3.05, 3.63) is 59.8 Å². The third kappa shape index (κ3) is 2.84. The summed E-state index contributed by atoms with van der Waals surface area (Å²) in [6.07, 6.45) is 0.988. The van der Waals surface area contributed by atoms with Crippen molar-refractivity contribution in [3.63, 3.8) is 0 Å². The molecule has 0 aliphatic carbocycles. The van der Waals surface area contributed by atoms with Gasteiger partial charge in [-0.3, -0.25) is 30.3 Å². The van der Waals surface area contributed by atoms with Crippen molar-refractivity contribution in [2.75, 3.05) is 0 Å². The van der Waals surface area contributed by atoms with Crippen LogP contribution in [-0.4, -0.2) is 14.8 Å². The molecule has 0 heterocycles. The van der Waals surface area contributed by atoms with E-state index in [1.807, 2.05) is 0 Å². The first-order valence-corrected chi connectivity index (χ1v) is 4.58. The zero-order valence-electron chi connectivity index (χ0n) is 9.10. The van der Waals surface area contributed by atoms with Crippen LogP contribution in [0.5, 0.6) is 0 Å². The van der Waals surface area contributed by atoms with Gasteiger partial charge in [0.2, 0.25) is 5.70 Å². The average molecular weight is 253 g/mol. The second-order valence-corrected chi connectivity index (χ2v) is 3.30. The molecule has 18 heavy (non-hydrogen) atoms. The third-order valence-corrected chi connectivity index (χ3v) is 2.07. The molecule has 0 unspecified atom stereocenters. The molecule has 0 bridgehead atoms. The summed E-state index contributed by atoms with van der Waals surface area (Å²) in [5.41, 5.74) is -1.35. The predicted octanol–water partition coefficient (Wildman–Crippen LogP) is 2.14. The Balaban J connectivity index is 3.37. The van der Waals surface area contributed by atoms with Crippen molar-refractivity contribution in [2.24, 2.45) is 0 Å². The Kier molecular flexibility index (Phi) is 3.67. The zero-order chi connectivity index (χ0) is 13.9. The Morgan fingerprint density at radius 1 is 1.11 bits per heavy atom. The van der Waals surface area contributed by atoms with Crippen LogP contribution in [0.4, 0.5) is 11.4 Å². The minimum absolute atomic E-state index is 0.0557. The maximum atomic E-state index is 10.7. The van der Waals surface area contributed by atoms with Crippen LogP contribution in [0.3, 0.4) is 0 Å². The van der Waals surface area contributed by atoms with E-state index in [1.54, 1.807) is 0 Å². The molecule has 94 valence electrons. The Bertz CT molecular complexity index is 565. The van der Waals surface area contributed by atoms with Gasteiger partial charge < -0.3 is 0 Å². The van der Waals surface area contributed by atoms with Gasteiger partial charge in [0.1, 0.15) is 0 Å². The minimum atomic E-state index is -0.827. The van der Waals surface area contributed by atoms with E-state index >= 15 is 0 Å². The maximum absolute atomic E-state index is 10.7. The first kappa shape index (κ1) is 13.2. The quantitative estimate of drug-likeness (QED) is 0.596. The SMILES string of the molecule is C/C(=C\c1ccc([N+](=O)[O-])cc1[N+](=O)[O-])[N+](=O)[O-]. The van der Waals surface area contributed by atoms with Crippen molar-refractivity contribution in [1.29, 1.82) is 0 Å². The Morgan fingerprint density at radius 3 is 2.17 bits per heavy atom. The summed E-state index contributed by atoms with van der Waals surface area (Å²) >= 11 is 0. The van der Waals surface area contributed by atoms with Crippen LogP contribution in [0.25, 0.3) is 6.08 Å². The monoisotopic (exact) mass is 253 g/mol. The summed E-state index contributed by atoms with van der Waals surface area (Å²) < 4.78 is 0. The van der Waals surface area contributed by atoms with Crippen LogP contribution < -0.4 is 0 Å². The van der Waals surface area contributed by atoms with Crippen molar-refractivity contribution < 1.29 is 14.8 Å². The molecule has 0 atom stereocenters. The summed E-state index contributed by atoms with van der Waals surface area (Å²) in [6, 6.07) is 2.91. The van der Waals surface area contributed by atoms with Crippen LogP contribution in [0.1, 0.15) is 12.5 Å². The van der Waals surface area contributed by atoms with Crippen LogP contribution in [-0.2, 0) is 0 Å². The van der Waals surface area contributed by atoms with Gasteiger partial charge in [0, 0.05) is 19.1 Å². The molecule has 0 N–H and O–H groups in total. The summed E-state index contributed by atoms with van der Waals surface area (Å²) in [6.45, 7) is 1.17. The summed E-state index contributed by atoms with van der Waals surface area (Å²) in [5.74, 6) is 0. The van der Waals surface area contributed by atoms with Gasteiger partial charge >= 0.3 is 0 Å². The normalized spacial score (nSPS) is 11.1. The Morgan fingerprint density at radius 2 is 1.72 bits per heavy atom. The highest BCUT2D eigenvalue weighted by Crippen LogP contribution is 2.26. The van der Waals surface area contributed by atoms with Crippen LogP contribution in [0.15, 0.2) is 23.9 Å². The van der Waals surface area contributed by atoms with E-state index in [0.29, 0.717) is 0 Å². The molecule has 0 aliphatic heterocycles. The molecular formula is C9H7N3O6. The number of benzene rings is 1. The molecular weight excluding hydrogens is 246 g/mol. The fraction of sp³-hybridized carbons (Fsp3) is 0.111. The molecule has 0 saturated heterocycles. The molecule has 0 spiro atoms. The Labute approximate surface area is 99.8 Å². The molecule has 0 aromatic heterocycles. The van der Waals surface area contributed by atoms with E-state index in [9.17, 15) is 30.3 Å². The van der Waals surface area contributed by atoms with E-state index in [4.69, 9.17) is 0 Å². The van der Waals surface area contributed by atoms with E-state index in [1.165, 1.54) is 6.92 Å². The lowest BCUT2D eigenvalue weighted by Crippen LogP contribution is -1.97. The second-order valence-electron chi connectivity index (χ2n) is 3.30. The van der Waals surface area contributed by atoms with Crippen LogP contribution >= 0.6 is 0 Å². The van der Waals surface area contributed by atoms with Crippen LogP contribution in [0, 0.1) is 30.3 Å². The number of hydrogen-bond acceptors (Lipinski definition) is 6. The smallest absolute Gasteiger partial charge is 0.259 e. The molecule has 9 heteroatoms. The number of nitro benzene ring substituents is 2. The van der Waals surface area contributed by atoms with Gasteiger partial charge in [0.15, 0.2) is 0 Å². The van der Waals surface area contributed by atoms with Gasteiger partial charge in [0.25, 0.3) is 11.4 Å². The fourth-order valence-corrected chi connectivity index (χ4v) is 1.20. The number of nitro groups is 3. The van der Waals surface area contributed by atoms with E-state index in [-0.39, 0.29) is 11.3 Å². The molecule has 0 radical (unpaired) electrons. The van der Waals surface area contributed by atoms with E-state index < -0.39 is 26.1 Å². The number of nitrogens with zero attached hydrogens (tertiary/aromatic N) is 3. The number of non-ortho nitro benzene ring substituents is 1. The zero-order valence-corrected chi connectivity index (χ0v) is 9.10. The van der Waals surface area contributed by atoms with E-state index in [2.05, 4.69) is 0 Å². The first-order valence-electron chi connectivity index (χ1n) is 4.58. The van der Waals surface area contributed by atoms with Crippen LogP contribution in [0.2, 0.25) is 0 Å². The largest absolute Gasteiger partial charge is 0.283 e. The topological polar surface area (TPSA) is 129 Å². The fourth-order valence-electron chi connectivity index (χ4n) is 1.20. The molecule has 9 nitrogen and oxygen atoms in total. The lowest BCUT2D eigenvalue weighted by atomic mass is 10.1. The van der Waals surface area contributed by atoms with Gasteiger partial charge in [-0.05, 0) is 6.07 Å². The molecule has 1 aromatic carbocycles. The molecule has 0 amide bonds. The van der Waals surface area contributed by atoms with E-state index in [0.717, 1.165) is 24.3 Å². The Hall–Kier alpha value is -2.84. The lowest BCUT2D eigenvalue weighted by molar-refractivity contribution is -0.422. The van der Waals surface area contributed by atoms with Crippen molar-refractivity contribution in [3.8, 4) is 0 Å². The predicted molar refractivity (Wildman–Crippen MR) is 60.4 cm³/mol. The van der Waals surface area contributed by atoms with Gasteiger partial charge in [-0.15, -0.1) is 0 Å². The lowest BCUT2D eigenvalue weighted by Gasteiger charge is -1.98. The third-order valence-electron chi connectivity index (χ3n) is 2.07. The standard InChI is InChI=1S/C9H7N3O6/c1-6(10(13)14)4-7-2-3-8(11(15)16)5-9(7)12(17)18/h2-5H,1H3/b6-4+. The number of hydrogen-bond donors (Lipinski definition) is 0. The molecule has 0 aliphatic rings. The minimum Gasteiger partial charge on any atom is -0.259 e. The summed E-state index contributed by atoms with van der Waals surface area (Å²) in [5, 5.41) is 31.6. The van der Waals surface area contributed by atoms with Gasteiger partial charge in [-0.25, -0.2) is 0 Å². The highest BCUT2D eigenvalue weighted by Gasteiger charge is 2.19. The second kappa shape index (κ2) is 4.99. The van der Waals surface area contributed by atoms with Gasteiger partial charge in [-0.2, -0.15) is 0 Å². The molecule has 0 saturated carbocycles. The van der Waals surface area contributed by atoms with Gasteiger partial charge in [-0.1, -0.05) is 0 Å². The van der Waals surface area contributed by atoms with Crippen molar-refractivity contribution in [2.45, 2.75) is 6.92 Å². The maximum Gasteiger partial charge on any atom is 0.283 e. The molecule has 1 aromatic rings. The summed E-state index contributed by atoms with van der Waals surface area (Å²) in [7, 11) is 0. The van der Waals surface area contributed by atoms with Crippen molar-refractivity contribution >= 4 is 17.5 Å². The highest BCUT2D eigenvalue weighted by atomic mass is 16.6. The average Bonchev–Trinajstić information content (AvgIpc) is 2.28. The number of rotatable bonds is 4. The molecule has 0 fully saturated rings. The summed E-state index contributed by atoms with van der Waals surface area (Å²) in [4.78, 5) is 29.3. The molecule has 1 rings (SSSR count). The number of allylic oxidation sites excluding steroid dienone is 1. The first-order chi connectivity index (χ1) is 8.32.